The van der Waals surface area contributed by atoms with Gasteiger partial charge < -0.3 is 10.2 Å². The maximum Gasteiger partial charge on any atom is 0.331 e. The van der Waals surface area contributed by atoms with Gasteiger partial charge in [0.1, 0.15) is 0 Å². The SMILES string of the molecule is CCCCCCCCCCCCCCCCCCCC/C(=C\C(=O)O)C(=O)O. The molecule has 164 valence electrons. The van der Waals surface area contributed by atoms with Gasteiger partial charge in [0, 0.05) is 11.6 Å². The number of hydrogen-bond acceptors (Lipinski definition) is 2. The summed E-state index contributed by atoms with van der Waals surface area (Å²) in [5.41, 5.74) is 0.00370. The third-order valence-corrected chi connectivity index (χ3v) is 5.37. The van der Waals surface area contributed by atoms with Crippen LogP contribution < -0.4 is 0 Å². The number of aliphatic carboxylic acids is 2. The molecule has 0 atom stereocenters. The zero-order valence-corrected chi connectivity index (χ0v) is 18.2. The fourth-order valence-electron chi connectivity index (χ4n) is 3.61. The third kappa shape index (κ3) is 19.4. The molecule has 0 bridgehead atoms. The molecule has 0 spiro atoms. The maximum absolute atomic E-state index is 10.9. The van der Waals surface area contributed by atoms with Crippen LogP contribution in [0.25, 0.3) is 0 Å². The first-order chi connectivity index (χ1) is 13.6. The molecule has 0 aromatic heterocycles. The Hall–Kier alpha value is -1.32. The Balaban J connectivity index is 3.28. The number of carboxylic acids is 2. The largest absolute Gasteiger partial charge is 0.478 e. The van der Waals surface area contributed by atoms with Gasteiger partial charge in [-0.15, -0.1) is 0 Å². The van der Waals surface area contributed by atoms with Gasteiger partial charge in [0.2, 0.25) is 0 Å². The van der Waals surface area contributed by atoms with Gasteiger partial charge >= 0.3 is 11.9 Å². The van der Waals surface area contributed by atoms with Gasteiger partial charge in [0.05, 0.1) is 0 Å². The highest BCUT2D eigenvalue weighted by molar-refractivity contribution is 5.94. The van der Waals surface area contributed by atoms with Crippen LogP contribution >= 0.6 is 0 Å². The Morgan fingerprint density at radius 1 is 0.571 bits per heavy atom. The molecule has 0 aliphatic heterocycles. The summed E-state index contributed by atoms with van der Waals surface area (Å²) < 4.78 is 0. The molecule has 2 N–H and O–H groups in total. The van der Waals surface area contributed by atoms with Gasteiger partial charge in [-0.05, 0) is 12.8 Å². The highest BCUT2D eigenvalue weighted by atomic mass is 16.4. The van der Waals surface area contributed by atoms with Crippen LogP contribution in [-0.2, 0) is 9.59 Å². The second-order valence-corrected chi connectivity index (χ2v) is 8.07. The molecule has 0 saturated carbocycles. The molecule has 0 aliphatic rings. The Bertz CT molecular complexity index is 415. The fourth-order valence-corrected chi connectivity index (χ4v) is 3.61. The van der Waals surface area contributed by atoms with E-state index in [1.807, 2.05) is 0 Å². The van der Waals surface area contributed by atoms with Crippen LogP contribution in [0, 0.1) is 0 Å². The summed E-state index contributed by atoms with van der Waals surface area (Å²) >= 11 is 0. The van der Waals surface area contributed by atoms with Crippen molar-refractivity contribution in [1.82, 2.24) is 0 Å². The predicted molar refractivity (Wildman–Crippen MR) is 117 cm³/mol. The summed E-state index contributed by atoms with van der Waals surface area (Å²) in [6.07, 6.45) is 24.5. The molecular weight excluding hydrogens is 352 g/mol. The van der Waals surface area contributed by atoms with E-state index in [2.05, 4.69) is 6.92 Å². The van der Waals surface area contributed by atoms with Gasteiger partial charge in [0.15, 0.2) is 0 Å². The molecule has 0 fully saturated rings. The molecule has 0 aliphatic carbocycles. The minimum Gasteiger partial charge on any atom is -0.478 e. The summed E-state index contributed by atoms with van der Waals surface area (Å²) in [5.74, 6) is -2.30. The summed E-state index contributed by atoms with van der Waals surface area (Å²) in [6.45, 7) is 2.27. The van der Waals surface area contributed by atoms with Crippen molar-refractivity contribution in [3.05, 3.63) is 11.6 Å². The molecule has 0 aromatic carbocycles. The van der Waals surface area contributed by atoms with Crippen molar-refractivity contribution in [3.8, 4) is 0 Å². The average molecular weight is 397 g/mol. The van der Waals surface area contributed by atoms with E-state index in [1.165, 1.54) is 96.3 Å². The molecular formula is C24H44O4. The molecule has 0 amide bonds. The minimum atomic E-state index is -1.18. The summed E-state index contributed by atoms with van der Waals surface area (Å²) in [4.78, 5) is 21.5. The van der Waals surface area contributed by atoms with E-state index < -0.39 is 11.9 Å². The van der Waals surface area contributed by atoms with Crippen LogP contribution in [-0.4, -0.2) is 22.2 Å². The molecule has 0 unspecified atom stereocenters. The van der Waals surface area contributed by atoms with Crippen molar-refractivity contribution in [3.63, 3.8) is 0 Å². The van der Waals surface area contributed by atoms with Crippen molar-refractivity contribution in [2.45, 2.75) is 129 Å². The Morgan fingerprint density at radius 2 is 0.893 bits per heavy atom. The van der Waals surface area contributed by atoms with E-state index >= 15 is 0 Å². The molecule has 4 heteroatoms. The second-order valence-electron chi connectivity index (χ2n) is 8.07. The number of hydrogen-bond donors (Lipinski definition) is 2. The molecule has 0 rings (SSSR count). The third-order valence-electron chi connectivity index (χ3n) is 5.37. The van der Waals surface area contributed by atoms with Gasteiger partial charge in [0.25, 0.3) is 0 Å². The lowest BCUT2D eigenvalue weighted by Gasteiger charge is -2.04. The number of unbranched alkanes of at least 4 members (excludes halogenated alkanes) is 17. The number of carboxylic acid groups (broad SMARTS) is 2. The van der Waals surface area contributed by atoms with E-state index in [4.69, 9.17) is 10.2 Å². The van der Waals surface area contributed by atoms with Gasteiger partial charge in [-0.1, -0.05) is 116 Å². The highest BCUT2D eigenvalue weighted by Gasteiger charge is 2.08. The Kier molecular flexibility index (Phi) is 19.5. The lowest BCUT2D eigenvalue weighted by molar-refractivity contribution is -0.135. The van der Waals surface area contributed by atoms with Crippen molar-refractivity contribution in [2.24, 2.45) is 0 Å². The Morgan fingerprint density at radius 3 is 1.18 bits per heavy atom. The minimum absolute atomic E-state index is 0.00370. The lowest BCUT2D eigenvalue weighted by atomic mass is 10.0. The topological polar surface area (TPSA) is 74.6 Å². The van der Waals surface area contributed by atoms with Crippen LogP contribution in [0.5, 0.6) is 0 Å². The zero-order chi connectivity index (χ0) is 20.9. The smallest absolute Gasteiger partial charge is 0.331 e. The molecule has 0 saturated heterocycles. The van der Waals surface area contributed by atoms with E-state index in [1.54, 1.807) is 0 Å². The normalized spacial score (nSPS) is 11.7. The number of rotatable bonds is 21. The van der Waals surface area contributed by atoms with Gasteiger partial charge in [-0.3, -0.25) is 0 Å². The molecule has 0 aromatic rings. The molecule has 4 nitrogen and oxygen atoms in total. The second kappa shape index (κ2) is 20.4. The monoisotopic (exact) mass is 396 g/mol. The standard InChI is InChI=1S/C24H44O4/c1-2-3-4-5-6-7-8-9-10-11-12-13-14-15-16-17-18-19-20-22(24(27)28)21-23(25)26/h21H,2-20H2,1H3,(H,25,26)(H,27,28)/b22-21+. The first-order valence-corrected chi connectivity index (χ1v) is 11.7. The van der Waals surface area contributed by atoms with Crippen LogP contribution in [0.3, 0.4) is 0 Å². The van der Waals surface area contributed by atoms with Crippen LogP contribution in [0.4, 0.5) is 0 Å². The van der Waals surface area contributed by atoms with E-state index in [0.29, 0.717) is 6.42 Å². The van der Waals surface area contributed by atoms with Crippen LogP contribution in [0.15, 0.2) is 11.6 Å². The van der Waals surface area contributed by atoms with E-state index in [0.717, 1.165) is 25.3 Å². The first-order valence-electron chi connectivity index (χ1n) is 11.7. The van der Waals surface area contributed by atoms with Crippen LogP contribution in [0.1, 0.15) is 129 Å². The van der Waals surface area contributed by atoms with Crippen molar-refractivity contribution < 1.29 is 19.8 Å². The van der Waals surface area contributed by atoms with Crippen molar-refractivity contribution in [2.75, 3.05) is 0 Å². The van der Waals surface area contributed by atoms with E-state index in [9.17, 15) is 9.59 Å². The van der Waals surface area contributed by atoms with Crippen molar-refractivity contribution in [1.29, 1.82) is 0 Å². The summed E-state index contributed by atoms with van der Waals surface area (Å²) in [5, 5.41) is 17.6. The first kappa shape index (κ1) is 26.7. The summed E-state index contributed by atoms with van der Waals surface area (Å²) in [7, 11) is 0. The van der Waals surface area contributed by atoms with Crippen LogP contribution in [0.2, 0.25) is 0 Å². The molecule has 0 radical (unpaired) electrons. The van der Waals surface area contributed by atoms with E-state index in [-0.39, 0.29) is 5.57 Å². The fraction of sp³-hybridized carbons (Fsp3) is 0.833. The highest BCUT2D eigenvalue weighted by Crippen LogP contribution is 2.15. The summed E-state index contributed by atoms with van der Waals surface area (Å²) in [6, 6.07) is 0. The average Bonchev–Trinajstić information content (AvgIpc) is 2.65. The predicted octanol–water partition coefficient (Wildman–Crippen LogP) is 7.51. The lowest BCUT2D eigenvalue weighted by Crippen LogP contribution is -2.04. The Labute approximate surface area is 172 Å². The van der Waals surface area contributed by atoms with Crippen molar-refractivity contribution >= 4 is 11.9 Å². The zero-order valence-electron chi connectivity index (χ0n) is 18.2. The maximum atomic E-state index is 10.9. The number of carbonyl (C=O) groups is 2. The quantitative estimate of drug-likeness (QED) is 0.155. The molecule has 0 heterocycles. The van der Waals surface area contributed by atoms with Gasteiger partial charge in [-0.2, -0.15) is 0 Å². The molecule has 28 heavy (non-hydrogen) atoms. The van der Waals surface area contributed by atoms with Gasteiger partial charge in [-0.25, -0.2) is 9.59 Å².